The van der Waals surface area contributed by atoms with Gasteiger partial charge in [0.25, 0.3) is 0 Å². The number of aliphatic hydroxyl groups is 3. The van der Waals surface area contributed by atoms with Crippen molar-refractivity contribution in [3.63, 3.8) is 0 Å². The molecular formula is C29H34O5. The lowest BCUT2D eigenvalue weighted by atomic mass is 9.94. The maximum Gasteiger partial charge on any atom is 0.193 e. The number of ketones is 2. The van der Waals surface area contributed by atoms with Gasteiger partial charge in [0.2, 0.25) is 0 Å². The zero-order valence-electron chi connectivity index (χ0n) is 20.3. The Morgan fingerprint density at radius 3 is 1.59 bits per heavy atom. The molecule has 0 radical (unpaired) electrons. The number of rotatable bonds is 8. The van der Waals surface area contributed by atoms with E-state index >= 15 is 0 Å². The Bertz CT molecular complexity index is 1050. The molecule has 3 N–H and O–H groups in total. The van der Waals surface area contributed by atoms with E-state index in [9.17, 15) is 19.8 Å². The molecule has 3 rings (SSSR count). The first kappa shape index (κ1) is 27.1. The lowest BCUT2D eigenvalue weighted by Gasteiger charge is -2.17. The third-order valence-electron chi connectivity index (χ3n) is 5.08. The molecule has 0 amide bonds. The van der Waals surface area contributed by atoms with Gasteiger partial charge in [-0.3, -0.25) is 9.59 Å². The second-order valence-corrected chi connectivity index (χ2v) is 9.51. The largest absolute Gasteiger partial charge is 0.390 e. The maximum atomic E-state index is 12.0. The van der Waals surface area contributed by atoms with Crippen LogP contribution in [0.15, 0.2) is 78.9 Å². The van der Waals surface area contributed by atoms with Crippen LogP contribution in [-0.4, -0.2) is 44.7 Å². The molecule has 3 aromatic rings. The Hall–Kier alpha value is -3.12. The second-order valence-electron chi connectivity index (χ2n) is 9.51. The average molecular weight is 463 g/mol. The van der Waals surface area contributed by atoms with Gasteiger partial charge in [-0.2, -0.15) is 0 Å². The van der Waals surface area contributed by atoms with E-state index in [1.54, 1.807) is 50.2 Å². The molecule has 0 spiro atoms. The number of Topliss-reactive ketones (excluding diaryl/α,β-unsaturated/α-hetero) is 2. The summed E-state index contributed by atoms with van der Waals surface area (Å²) < 4.78 is 0. The fraction of sp³-hybridized carbons (Fsp3) is 0.310. The topological polar surface area (TPSA) is 94.8 Å². The van der Waals surface area contributed by atoms with Gasteiger partial charge in [0.15, 0.2) is 11.6 Å². The second kappa shape index (κ2) is 11.8. The zero-order valence-corrected chi connectivity index (χ0v) is 20.3. The molecule has 0 saturated carbocycles. The summed E-state index contributed by atoms with van der Waals surface area (Å²) in [4.78, 5) is 22.8. The van der Waals surface area contributed by atoms with Crippen molar-refractivity contribution < 1.29 is 24.9 Å². The van der Waals surface area contributed by atoms with Gasteiger partial charge >= 0.3 is 0 Å². The first-order valence-corrected chi connectivity index (χ1v) is 11.2. The summed E-state index contributed by atoms with van der Waals surface area (Å²) in [7, 11) is 0. The van der Waals surface area contributed by atoms with Crippen LogP contribution in [0.4, 0.5) is 0 Å². The first-order valence-electron chi connectivity index (χ1n) is 11.2. The average Bonchev–Trinajstić information content (AvgIpc) is 2.79. The smallest absolute Gasteiger partial charge is 0.193 e. The van der Waals surface area contributed by atoms with E-state index in [0.29, 0.717) is 17.5 Å². The fourth-order valence-corrected chi connectivity index (χ4v) is 3.35. The highest BCUT2D eigenvalue weighted by atomic mass is 16.3. The van der Waals surface area contributed by atoms with E-state index in [1.165, 1.54) is 19.4 Å². The molecule has 0 aliphatic rings. The van der Waals surface area contributed by atoms with Crippen molar-refractivity contribution >= 4 is 11.6 Å². The summed E-state index contributed by atoms with van der Waals surface area (Å²) in [5.74, 6) is -0.509. The highest BCUT2D eigenvalue weighted by Gasteiger charge is 2.24. The van der Waals surface area contributed by atoms with Crippen LogP contribution >= 0.6 is 0 Å². The van der Waals surface area contributed by atoms with Crippen molar-refractivity contribution in [1.82, 2.24) is 0 Å². The van der Waals surface area contributed by atoms with Crippen molar-refractivity contribution in [2.24, 2.45) is 0 Å². The van der Waals surface area contributed by atoms with Crippen molar-refractivity contribution in [3.8, 4) is 0 Å². The predicted molar refractivity (Wildman–Crippen MR) is 134 cm³/mol. The molecule has 5 heteroatoms. The third-order valence-corrected chi connectivity index (χ3v) is 5.08. The summed E-state index contributed by atoms with van der Waals surface area (Å²) in [5.41, 5.74) is 2.42. The zero-order chi connectivity index (χ0) is 25.4. The van der Waals surface area contributed by atoms with Crippen molar-refractivity contribution in [2.75, 3.05) is 6.61 Å². The van der Waals surface area contributed by atoms with Crippen molar-refractivity contribution in [3.05, 3.63) is 107 Å². The predicted octanol–water partition coefficient (Wildman–Crippen LogP) is 4.41. The molecule has 0 bridgehead atoms. The Balaban J connectivity index is 0.000000340. The van der Waals surface area contributed by atoms with E-state index in [-0.39, 0.29) is 11.6 Å². The minimum absolute atomic E-state index is 0.236. The van der Waals surface area contributed by atoms with E-state index in [4.69, 9.17) is 5.11 Å². The summed E-state index contributed by atoms with van der Waals surface area (Å²) in [6, 6.07) is 24.3. The summed E-state index contributed by atoms with van der Waals surface area (Å²) in [5, 5.41) is 28.1. The molecule has 180 valence electrons. The van der Waals surface area contributed by atoms with E-state index < -0.39 is 17.8 Å². The van der Waals surface area contributed by atoms with Gasteiger partial charge in [-0.1, -0.05) is 78.9 Å². The van der Waals surface area contributed by atoms with Gasteiger partial charge < -0.3 is 15.3 Å². The quantitative estimate of drug-likeness (QED) is 0.431. The minimum Gasteiger partial charge on any atom is -0.390 e. The Morgan fingerprint density at radius 1 is 0.676 bits per heavy atom. The Morgan fingerprint density at radius 2 is 1.15 bits per heavy atom. The normalized spacial score (nSPS) is 11.4. The molecule has 34 heavy (non-hydrogen) atoms. The summed E-state index contributed by atoms with van der Waals surface area (Å²) in [6.07, 6.45) is 1.40. The van der Waals surface area contributed by atoms with E-state index in [1.807, 2.05) is 30.3 Å². The SMILES string of the molecule is CC(C)(O)Cc1ccc(Cc2ccc(C(=O)C(C)(C)O)cc2)cc1.O=C(CO)c1ccccc1. The molecular weight excluding hydrogens is 428 g/mol. The van der Waals surface area contributed by atoms with Gasteiger partial charge in [0.1, 0.15) is 12.2 Å². The van der Waals surface area contributed by atoms with Gasteiger partial charge in [-0.05, 0) is 50.8 Å². The van der Waals surface area contributed by atoms with Gasteiger partial charge in [-0.25, -0.2) is 0 Å². The number of hydrogen-bond donors (Lipinski definition) is 3. The lowest BCUT2D eigenvalue weighted by molar-refractivity contribution is 0.0488. The molecule has 0 atom stereocenters. The van der Waals surface area contributed by atoms with Crippen LogP contribution in [0.25, 0.3) is 0 Å². The number of aliphatic hydroxyl groups excluding tert-OH is 1. The molecule has 0 fully saturated rings. The molecule has 0 aliphatic heterocycles. The Kier molecular flexibility index (Phi) is 9.45. The number of benzene rings is 3. The van der Waals surface area contributed by atoms with Crippen LogP contribution in [0.3, 0.4) is 0 Å². The molecule has 0 aliphatic carbocycles. The van der Waals surface area contributed by atoms with Crippen LogP contribution in [0.5, 0.6) is 0 Å². The van der Waals surface area contributed by atoms with Crippen molar-refractivity contribution in [2.45, 2.75) is 51.7 Å². The monoisotopic (exact) mass is 462 g/mol. The molecule has 3 aromatic carbocycles. The maximum absolute atomic E-state index is 12.0. The lowest BCUT2D eigenvalue weighted by Crippen LogP contribution is -2.31. The highest BCUT2D eigenvalue weighted by Crippen LogP contribution is 2.17. The van der Waals surface area contributed by atoms with Gasteiger partial charge in [0.05, 0.1) is 5.60 Å². The standard InChI is InChI=1S/C21H26O3.C8H8O2/c1-20(2,23)14-17-7-5-15(6-8-17)13-16-9-11-18(12-10-16)19(22)21(3,4)24;9-6-8(10)7-4-2-1-3-5-7/h5-12,23-24H,13-14H2,1-4H3;1-5,9H,6H2. The van der Waals surface area contributed by atoms with Gasteiger partial charge in [-0.15, -0.1) is 0 Å². The third kappa shape index (κ3) is 9.02. The molecule has 0 aromatic heterocycles. The number of carbonyl (C=O) groups is 2. The molecule has 5 nitrogen and oxygen atoms in total. The number of carbonyl (C=O) groups excluding carboxylic acids is 2. The fourth-order valence-electron chi connectivity index (χ4n) is 3.35. The highest BCUT2D eigenvalue weighted by molar-refractivity contribution is 6.01. The van der Waals surface area contributed by atoms with Crippen LogP contribution < -0.4 is 0 Å². The van der Waals surface area contributed by atoms with Crippen LogP contribution in [0.2, 0.25) is 0 Å². The van der Waals surface area contributed by atoms with Crippen molar-refractivity contribution in [1.29, 1.82) is 0 Å². The van der Waals surface area contributed by atoms with Crippen LogP contribution in [-0.2, 0) is 12.8 Å². The molecule has 0 unspecified atom stereocenters. The Labute approximate surface area is 201 Å². The van der Waals surface area contributed by atoms with E-state index in [2.05, 4.69) is 12.1 Å². The number of hydrogen-bond acceptors (Lipinski definition) is 5. The van der Waals surface area contributed by atoms with Crippen LogP contribution in [0.1, 0.15) is 65.1 Å². The summed E-state index contributed by atoms with van der Waals surface area (Å²) in [6.45, 7) is 6.19. The summed E-state index contributed by atoms with van der Waals surface area (Å²) >= 11 is 0. The first-order chi connectivity index (χ1) is 15.9. The van der Waals surface area contributed by atoms with E-state index in [0.717, 1.165) is 17.5 Å². The molecule has 0 saturated heterocycles. The molecule has 0 heterocycles. The minimum atomic E-state index is -1.35. The van der Waals surface area contributed by atoms with Gasteiger partial charge in [0, 0.05) is 17.5 Å². The van der Waals surface area contributed by atoms with Crippen LogP contribution in [0, 0.1) is 0 Å².